The maximum atomic E-state index is 12.3. The van der Waals surface area contributed by atoms with E-state index in [0.717, 1.165) is 30.0 Å². The first kappa shape index (κ1) is 13.1. The lowest BCUT2D eigenvalue weighted by Crippen LogP contribution is -2.39. The summed E-state index contributed by atoms with van der Waals surface area (Å²) in [6.45, 7) is 3.52. The molecule has 4 rings (SSSR count). The van der Waals surface area contributed by atoms with Gasteiger partial charge in [-0.1, -0.05) is 18.2 Å². The largest absolute Gasteiger partial charge is 0.381 e. The number of hydrogen-bond acceptors (Lipinski definition) is 4. The van der Waals surface area contributed by atoms with Crippen LogP contribution in [0.3, 0.4) is 0 Å². The van der Waals surface area contributed by atoms with E-state index in [9.17, 15) is 4.79 Å². The zero-order chi connectivity index (χ0) is 13.7. The minimum atomic E-state index is -0.406. The van der Waals surface area contributed by atoms with Gasteiger partial charge in [0.2, 0.25) is 0 Å². The molecule has 4 aliphatic rings. The summed E-state index contributed by atoms with van der Waals surface area (Å²) in [7, 11) is 0. The molecule has 20 heavy (non-hydrogen) atoms. The Morgan fingerprint density at radius 1 is 1.35 bits per heavy atom. The van der Waals surface area contributed by atoms with E-state index in [1.54, 1.807) is 11.8 Å². The zero-order valence-corrected chi connectivity index (χ0v) is 12.7. The van der Waals surface area contributed by atoms with Crippen LogP contribution in [0.15, 0.2) is 4.99 Å². The summed E-state index contributed by atoms with van der Waals surface area (Å²) in [6, 6.07) is 0.551. The lowest BCUT2D eigenvalue weighted by molar-refractivity contribution is -0.120. The van der Waals surface area contributed by atoms with E-state index >= 15 is 0 Å². The van der Waals surface area contributed by atoms with Crippen molar-refractivity contribution in [3.63, 3.8) is 0 Å². The second-order valence-electron chi connectivity index (χ2n) is 6.92. The van der Waals surface area contributed by atoms with E-state index in [4.69, 9.17) is 4.74 Å². The van der Waals surface area contributed by atoms with Gasteiger partial charge in [-0.05, 0) is 44.4 Å². The topological polar surface area (TPSA) is 50.7 Å². The molecule has 110 valence electrons. The smallest absolute Gasteiger partial charge is 0.264 e. The first-order valence-electron chi connectivity index (χ1n) is 7.81. The highest BCUT2D eigenvalue weighted by molar-refractivity contribution is 8.16. The molecule has 0 aromatic heterocycles. The number of nitrogens with one attached hydrogen (secondary N) is 1. The van der Waals surface area contributed by atoms with E-state index in [1.807, 2.05) is 6.92 Å². The van der Waals surface area contributed by atoms with Gasteiger partial charge in [-0.25, -0.2) is 0 Å². The molecular formula is C15H22N2O2S. The Hall–Kier alpha value is -0.550. The van der Waals surface area contributed by atoms with E-state index in [0.29, 0.717) is 18.6 Å². The van der Waals surface area contributed by atoms with Crippen molar-refractivity contribution in [3.8, 4) is 0 Å². The van der Waals surface area contributed by atoms with Gasteiger partial charge in [0, 0.05) is 18.6 Å². The maximum Gasteiger partial charge on any atom is 0.264 e. The summed E-state index contributed by atoms with van der Waals surface area (Å²) >= 11 is 1.64. The third-order valence-corrected chi connectivity index (χ3v) is 7.03. The Morgan fingerprint density at radius 3 is 2.90 bits per heavy atom. The second kappa shape index (κ2) is 4.73. The van der Waals surface area contributed by atoms with Crippen LogP contribution in [-0.2, 0) is 9.53 Å². The minimum Gasteiger partial charge on any atom is -0.381 e. The van der Waals surface area contributed by atoms with E-state index in [-0.39, 0.29) is 5.91 Å². The molecule has 2 heterocycles. The van der Waals surface area contributed by atoms with Gasteiger partial charge < -0.3 is 10.1 Å². The lowest BCUT2D eigenvalue weighted by Gasteiger charge is -2.27. The van der Waals surface area contributed by atoms with Crippen LogP contribution in [0, 0.1) is 17.8 Å². The fourth-order valence-corrected chi connectivity index (χ4v) is 5.57. The molecule has 1 N–H and O–H groups in total. The highest BCUT2D eigenvalue weighted by Gasteiger charge is 2.49. The highest BCUT2D eigenvalue weighted by Crippen LogP contribution is 2.46. The number of thioether (sulfide) groups is 1. The molecule has 5 atom stereocenters. The standard InChI is InChI=1S/C15H22N2O2S/c1-15(11-4-5-19-8-11)13(18)17-14(20-15)16-12-7-9-2-3-10(12)6-9/h9-12H,2-8H2,1H3,(H,16,17,18)/t9-,10+,11-,12+,15?/m1/s1. The van der Waals surface area contributed by atoms with Crippen molar-refractivity contribution in [1.82, 2.24) is 5.32 Å². The lowest BCUT2D eigenvalue weighted by atomic mass is 9.92. The number of fused-ring (bicyclic) bond motifs is 2. The molecule has 2 bridgehead atoms. The Labute approximate surface area is 124 Å². The first-order chi connectivity index (χ1) is 9.65. The molecule has 1 amide bonds. The van der Waals surface area contributed by atoms with Gasteiger partial charge >= 0.3 is 0 Å². The normalized spacial score (nSPS) is 47.0. The fraction of sp³-hybridized carbons (Fsp3) is 0.867. The van der Waals surface area contributed by atoms with Crippen molar-refractivity contribution in [2.24, 2.45) is 22.7 Å². The van der Waals surface area contributed by atoms with Gasteiger partial charge in [0.25, 0.3) is 5.91 Å². The number of nitrogens with zero attached hydrogens (tertiary/aromatic N) is 1. The average molecular weight is 294 g/mol. The third kappa shape index (κ3) is 2.01. The van der Waals surface area contributed by atoms with Gasteiger partial charge in [-0.15, -0.1) is 0 Å². The number of rotatable bonds is 2. The van der Waals surface area contributed by atoms with Crippen LogP contribution in [0.25, 0.3) is 0 Å². The number of hydrogen-bond donors (Lipinski definition) is 1. The fourth-order valence-electron chi connectivity index (χ4n) is 4.34. The summed E-state index contributed by atoms with van der Waals surface area (Å²) in [5, 5.41) is 4.43. The number of ether oxygens (including phenoxy) is 1. The molecular weight excluding hydrogens is 272 g/mol. The SMILES string of the molecule is CC1([C@@H]2CCOC2)SC(N[C@H]2C[C@@H]3CC[C@H]2C3)=NC1=O. The molecule has 0 spiro atoms. The van der Waals surface area contributed by atoms with Crippen molar-refractivity contribution >= 4 is 22.8 Å². The Morgan fingerprint density at radius 2 is 2.25 bits per heavy atom. The van der Waals surface area contributed by atoms with Gasteiger partial charge in [0.05, 0.1) is 6.61 Å². The molecule has 0 aromatic rings. The van der Waals surface area contributed by atoms with E-state index in [2.05, 4.69) is 10.3 Å². The molecule has 1 unspecified atom stereocenters. The molecule has 2 aliphatic heterocycles. The molecule has 0 aromatic carbocycles. The van der Waals surface area contributed by atoms with Crippen LogP contribution >= 0.6 is 11.8 Å². The van der Waals surface area contributed by atoms with Crippen LogP contribution in [0.5, 0.6) is 0 Å². The summed E-state index contributed by atoms with van der Waals surface area (Å²) < 4.78 is 5.05. The van der Waals surface area contributed by atoms with Crippen molar-refractivity contribution < 1.29 is 9.53 Å². The van der Waals surface area contributed by atoms with Crippen LogP contribution in [0.1, 0.15) is 39.0 Å². The molecule has 0 radical (unpaired) electrons. The quantitative estimate of drug-likeness (QED) is 0.848. The van der Waals surface area contributed by atoms with Crippen molar-refractivity contribution in [3.05, 3.63) is 0 Å². The zero-order valence-electron chi connectivity index (χ0n) is 11.9. The predicted molar refractivity (Wildman–Crippen MR) is 79.7 cm³/mol. The summed E-state index contributed by atoms with van der Waals surface area (Å²) in [5.41, 5.74) is 0. The number of carbonyl (C=O) groups is 1. The molecule has 2 saturated carbocycles. The summed E-state index contributed by atoms with van der Waals surface area (Å²) in [5.74, 6) is 2.06. The Kier molecular flexibility index (Phi) is 3.11. The maximum absolute atomic E-state index is 12.3. The number of carbonyl (C=O) groups excluding carboxylic acids is 1. The van der Waals surface area contributed by atoms with Crippen molar-refractivity contribution in [2.45, 2.75) is 49.8 Å². The van der Waals surface area contributed by atoms with Gasteiger partial charge in [-0.3, -0.25) is 4.79 Å². The van der Waals surface area contributed by atoms with Crippen LogP contribution in [0.4, 0.5) is 0 Å². The summed E-state index contributed by atoms with van der Waals surface area (Å²) in [6.07, 6.45) is 6.37. The van der Waals surface area contributed by atoms with E-state index in [1.165, 1.54) is 25.7 Å². The molecule has 2 aliphatic carbocycles. The Balaban J connectivity index is 1.43. The predicted octanol–water partition coefficient (Wildman–Crippen LogP) is 2.19. The van der Waals surface area contributed by atoms with Crippen molar-refractivity contribution in [1.29, 1.82) is 0 Å². The average Bonchev–Trinajstić information content (AvgIpc) is 3.16. The molecule has 5 heteroatoms. The van der Waals surface area contributed by atoms with Crippen LogP contribution in [-0.4, -0.2) is 35.1 Å². The monoisotopic (exact) mass is 294 g/mol. The molecule has 1 saturated heterocycles. The van der Waals surface area contributed by atoms with Gasteiger partial charge in [0.15, 0.2) is 5.17 Å². The van der Waals surface area contributed by atoms with Crippen molar-refractivity contribution in [2.75, 3.05) is 13.2 Å². The summed E-state index contributed by atoms with van der Waals surface area (Å²) in [4.78, 5) is 16.6. The first-order valence-corrected chi connectivity index (χ1v) is 8.63. The third-order valence-electron chi connectivity index (χ3n) is 5.69. The van der Waals surface area contributed by atoms with Crippen LogP contribution < -0.4 is 5.32 Å². The number of aliphatic imine (C=N–C) groups is 1. The minimum absolute atomic E-state index is 0.0312. The van der Waals surface area contributed by atoms with Crippen LogP contribution in [0.2, 0.25) is 0 Å². The molecule has 3 fully saturated rings. The Bertz CT molecular complexity index is 461. The molecule has 4 nitrogen and oxygen atoms in total. The number of amides is 1. The van der Waals surface area contributed by atoms with Gasteiger partial charge in [-0.2, -0.15) is 4.99 Å². The van der Waals surface area contributed by atoms with Gasteiger partial charge in [0.1, 0.15) is 4.75 Å². The second-order valence-corrected chi connectivity index (χ2v) is 8.36. The highest BCUT2D eigenvalue weighted by atomic mass is 32.2. The van der Waals surface area contributed by atoms with E-state index < -0.39 is 4.75 Å². The number of amidine groups is 1.